The number of alkyl halides is 2. The average Bonchev–Trinajstić information content (AvgIpc) is 2.28. The summed E-state index contributed by atoms with van der Waals surface area (Å²) in [4.78, 5) is 11.1. The van der Waals surface area contributed by atoms with E-state index in [1.807, 2.05) is 0 Å². The van der Waals surface area contributed by atoms with Crippen molar-refractivity contribution in [1.82, 2.24) is 0 Å². The van der Waals surface area contributed by atoms with Gasteiger partial charge in [-0.1, -0.05) is 17.7 Å². The maximum atomic E-state index is 12.0. The molecule has 0 spiro atoms. The largest absolute Gasteiger partial charge is 0.469 e. The van der Waals surface area contributed by atoms with Crippen molar-refractivity contribution in [2.24, 2.45) is 0 Å². The van der Waals surface area contributed by atoms with Crippen molar-refractivity contribution in [3.63, 3.8) is 0 Å². The Morgan fingerprint density at radius 2 is 2.18 bits per heavy atom. The zero-order valence-electron chi connectivity index (χ0n) is 8.68. The molecule has 0 atom stereocenters. The summed E-state index contributed by atoms with van der Waals surface area (Å²) >= 11 is 8.93. The topological polar surface area (TPSA) is 35.5 Å². The van der Waals surface area contributed by atoms with E-state index in [1.165, 1.54) is 19.2 Å². The van der Waals surface area contributed by atoms with E-state index in [9.17, 15) is 13.6 Å². The second kappa shape index (κ2) is 6.16. The Labute approximate surface area is 110 Å². The molecule has 0 saturated heterocycles. The Bertz CT molecular complexity index is 426. The summed E-state index contributed by atoms with van der Waals surface area (Å²) in [6.45, 7) is -2.94. The van der Waals surface area contributed by atoms with Crippen LogP contribution in [-0.2, 0) is 16.0 Å². The molecule has 3 nitrogen and oxygen atoms in total. The standard InChI is InChI=1S/C10H8BrClF2O3/c1-16-7(15)4-5-2-3-6(17-10(13)14)8(11)9(5)12/h2-3,10H,4H2,1H3. The van der Waals surface area contributed by atoms with E-state index in [-0.39, 0.29) is 21.7 Å². The molecule has 0 heterocycles. The van der Waals surface area contributed by atoms with Crippen LogP contribution in [0.1, 0.15) is 5.56 Å². The Morgan fingerprint density at radius 3 is 2.71 bits per heavy atom. The second-order valence-corrected chi connectivity index (χ2v) is 4.15. The van der Waals surface area contributed by atoms with Gasteiger partial charge in [0.05, 0.1) is 23.0 Å². The minimum Gasteiger partial charge on any atom is -0.469 e. The smallest absolute Gasteiger partial charge is 0.387 e. The number of carbonyl (C=O) groups is 1. The molecule has 0 fully saturated rings. The zero-order valence-corrected chi connectivity index (χ0v) is 11.0. The van der Waals surface area contributed by atoms with E-state index in [0.717, 1.165) is 0 Å². The zero-order chi connectivity index (χ0) is 13.0. The van der Waals surface area contributed by atoms with Crippen LogP contribution in [0.2, 0.25) is 5.02 Å². The highest BCUT2D eigenvalue weighted by molar-refractivity contribution is 9.10. The maximum absolute atomic E-state index is 12.0. The van der Waals surface area contributed by atoms with Gasteiger partial charge < -0.3 is 9.47 Å². The molecular weight excluding hydrogens is 321 g/mol. The van der Waals surface area contributed by atoms with E-state index in [0.29, 0.717) is 5.56 Å². The fraction of sp³-hybridized carbons (Fsp3) is 0.300. The van der Waals surface area contributed by atoms with Gasteiger partial charge in [0.25, 0.3) is 0 Å². The number of rotatable bonds is 4. The van der Waals surface area contributed by atoms with Crippen molar-refractivity contribution in [3.05, 3.63) is 27.2 Å². The van der Waals surface area contributed by atoms with E-state index in [2.05, 4.69) is 25.4 Å². The molecule has 0 saturated carbocycles. The molecule has 7 heteroatoms. The van der Waals surface area contributed by atoms with Crippen LogP contribution in [0.25, 0.3) is 0 Å². The van der Waals surface area contributed by atoms with Crippen LogP contribution in [0.15, 0.2) is 16.6 Å². The van der Waals surface area contributed by atoms with Crippen LogP contribution in [0.5, 0.6) is 5.75 Å². The number of carbonyl (C=O) groups excluding carboxylic acids is 1. The predicted molar refractivity (Wildman–Crippen MR) is 61.5 cm³/mol. The van der Waals surface area contributed by atoms with Crippen LogP contribution in [0.3, 0.4) is 0 Å². The lowest BCUT2D eigenvalue weighted by atomic mass is 10.1. The molecule has 0 aliphatic heterocycles. The van der Waals surface area contributed by atoms with Crippen molar-refractivity contribution < 1.29 is 23.0 Å². The lowest BCUT2D eigenvalue weighted by Gasteiger charge is -2.10. The summed E-state index contributed by atoms with van der Waals surface area (Å²) in [7, 11) is 1.25. The minimum absolute atomic E-state index is 0.0388. The molecule has 0 aliphatic carbocycles. The molecule has 0 amide bonds. The second-order valence-electron chi connectivity index (χ2n) is 2.98. The van der Waals surface area contributed by atoms with Crippen LogP contribution < -0.4 is 4.74 Å². The normalized spacial score (nSPS) is 10.5. The number of methoxy groups -OCH3 is 1. The van der Waals surface area contributed by atoms with Crippen molar-refractivity contribution >= 4 is 33.5 Å². The third-order valence-electron chi connectivity index (χ3n) is 1.91. The summed E-state index contributed by atoms with van der Waals surface area (Å²) in [5.41, 5.74) is 0.465. The van der Waals surface area contributed by atoms with Gasteiger partial charge in [-0.25, -0.2) is 0 Å². The van der Waals surface area contributed by atoms with Gasteiger partial charge in [0.1, 0.15) is 5.75 Å². The van der Waals surface area contributed by atoms with Crippen molar-refractivity contribution in [1.29, 1.82) is 0 Å². The number of halogens is 4. The molecule has 0 unspecified atom stereocenters. The molecule has 0 aliphatic rings. The SMILES string of the molecule is COC(=O)Cc1ccc(OC(F)F)c(Br)c1Cl. The van der Waals surface area contributed by atoms with E-state index in [1.54, 1.807) is 0 Å². The van der Waals surface area contributed by atoms with Gasteiger partial charge >= 0.3 is 12.6 Å². The van der Waals surface area contributed by atoms with Crippen LogP contribution in [0, 0.1) is 0 Å². The fourth-order valence-corrected chi connectivity index (χ4v) is 1.83. The Balaban J connectivity index is 2.98. The Hall–Kier alpha value is -0.880. The molecule has 0 aromatic heterocycles. The third kappa shape index (κ3) is 3.81. The highest BCUT2D eigenvalue weighted by Gasteiger charge is 2.15. The molecule has 0 bridgehead atoms. The molecular formula is C10H8BrClF2O3. The fourth-order valence-electron chi connectivity index (χ4n) is 1.12. The predicted octanol–water partition coefficient (Wildman–Crippen LogP) is 3.42. The quantitative estimate of drug-likeness (QED) is 0.794. The Kier molecular flexibility index (Phi) is 5.14. The molecule has 1 aromatic rings. The number of benzene rings is 1. The molecule has 17 heavy (non-hydrogen) atoms. The highest BCUT2D eigenvalue weighted by Crippen LogP contribution is 2.36. The molecule has 0 N–H and O–H groups in total. The van der Waals surface area contributed by atoms with E-state index in [4.69, 9.17) is 11.6 Å². The first-order valence-electron chi connectivity index (χ1n) is 4.44. The third-order valence-corrected chi connectivity index (χ3v) is 3.35. The van der Waals surface area contributed by atoms with Crippen molar-refractivity contribution in [3.8, 4) is 5.75 Å². The van der Waals surface area contributed by atoms with Gasteiger partial charge in [-0.2, -0.15) is 8.78 Å². The van der Waals surface area contributed by atoms with E-state index < -0.39 is 12.6 Å². The van der Waals surface area contributed by atoms with Gasteiger partial charge in [0.15, 0.2) is 0 Å². The number of hydrogen-bond donors (Lipinski definition) is 0. The van der Waals surface area contributed by atoms with Gasteiger partial charge in [0.2, 0.25) is 0 Å². The lowest BCUT2D eigenvalue weighted by molar-refractivity contribution is -0.139. The number of ether oxygens (including phenoxy) is 2. The summed E-state index contributed by atoms with van der Waals surface area (Å²) in [5, 5.41) is 0.147. The first kappa shape index (κ1) is 14.2. The minimum atomic E-state index is -2.94. The van der Waals surface area contributed by atoms with Crippen LogP contribution in [-0.4, -0.2) is 19.7 Å². The highest BCUT2D eigenvalue weighted by atomic mass is 79.9. The monoisotopic (exact) mass is 328 g/mol. The Morgan fingerprint density at radius 1 is 1.53 bits per heavy atom. The number of hydrogen-bond acceptors (Lipinski definition) is 3. The van der Waals surface area contributed by atoms with Gasteiger partial charge in [-0.15, -0.1) is 0 Å². The molecule has 1 rings (SSSR count). The van der Waals surface area contributed by atoms with Crippen molar-refractivity contribution in [2.75, 3.05) is 7.11 Å². The first-order chi connectivity index (χ1) is 7.95. The summed E-state index contributed by atoms with van der Waals surface area (Å²) in [5.74, 6) is -0.556. The molecule has 94 valence electrons. The van der Waals surface area contributed by atoms with Gasteiger partial charge in [0, 0.05) is 0 Å². The summed E-state index contributed by atoms with van der Waals surface area (Å²) in [6.07, 6.45) is -0.0388. The summed E-state index contributed by atoms with van der Waals surface area (Å²) in [6, 6.07) is 2.74. The van der Waals surface area contributed by atoms with Crippen LogP contribution in [0.4, 0.5) is 8.78 Å². The lowest BCUT2D eigenvalue weighted by Crippen LogP contribution is -2.06. The summed E-state index contributed by atoms with van der Waals surface area (Å²) < 4.78 is 33.0. The van der Waals surface area contributed by atoms with Gasteiger partial charge in [-0.05, 0) is 27.6 Å². The van der Waals surface area contributed by atoms with E-state index >= 15 is 0 Å². The van der Waals surface area contributed by atoms with Crippen LogP contribution >= 0.6 is 27.5 Å². The number of esters is 1. The van der Waals surface area contributed by atoms with Crippen molar-refractivity contribution in [2.45, 2.75) is 13.0 Å². The molecule has 1 aromatic carbocycles. The van der Waals surface area contributed by atoms with Gasteiger partial charge in [-0.3, -0.25) is 4.79 Å². The molecule has 0 radical (unpaired) electrons. The maximum Gasteiger partial charge on any atom is 0.387 e. The average molecular weight is 330 g/mol. The first-order valence-corrected chi connectivity index (χ1v) is 5.61.